The quantitative estimate of drug-likeness (QED) is 0.782. The second kappa shape index (κ2) is 6.92. The van der Waals surface area contributed by atoms with Gasteiger partial charge in [0.05, 0.1) is 28.4 Å². The maximum Gasteiger partial charge on any atom is 0.417 e. The number of nitrogens with zero attached hydrogens (tertiary/aromatic N) is 3. The first-order valence-electron chi connectivity index (χ1n) is 8.68. The molecule has 2 aromatic rings. The molecule has 1 amide bonds. The predicted octanol–water partition coefficient (Wildman–Crippen LogP) is 3.00. The van der Waals surface area contributed by atoms with Gasteiger partial charge in [-0.2, -0.15) is 18.3 Å². The summed E-state index contributed by atoms with van der Waals surface area (Å²) in [6, 6.07) is 2.09. The van der Waals surface area contributed by atoms with Crippen molar-refractivity contribution in [2.45, 2.75) is 38.8 Å². The molecule has 7 nitrogen and oxygen atoms in total. The maximum absolute atomic E-state index is 12.7. The van der Waals surface area contributed by atoms with Gasteiger partial charge in [0, 0.05) is 12.7 Å². The van der Waals surface area contributed by atoms with Gasteiger partial charge in [-0.05, 0) is 30.9 Å². The van der Waals surface area contributed by atoms with E-state index in [0.717, 1.165) is 6.07 Å². The number of carbonyl (C=O) groups excluding carboxylic acids is 1. The summed E-state index contributed by atoms with van der Waals surface area (Å²) in [4.78, 5) is 27.6. The first kappa shape index (κ1) is 19.8. The van der Waals surface area contributed by atoms with Crippen molar-refractivity contribution < 1.29 is 27.9 Å². The Labute approximate surface area is 158 Å². The summed E-state index contributed by atoms with van der Waals surface area (Å²) in [6.45, 7) is 3.64. The number of nitrogens with one attached hydrogen (secondary N) is 1. The summed E-state index contributed by atoms with van der Waals surface area (Å²) >= 11 is 0. The van der Waals surface area contributed by atoms with Gasteiger partial charge in [-0.1, -0.05) is 13.8 Å². The van der Waals surface area contributed by atoms with E-state index >= 15 is 0 Å². The first-order valence-corrected chi connectivity index (χ1v) is 8.68. The summed E-state index contributed by atoms with van der Waals surface area (Å²) in [5, 5.41) is 15.9. The van der Waals surface area contributed by atoms with Gasteiger partial charge in [-0.25, -0.2) is 9.67 Å². The zero-order valence-electron chi connectivity index (χ0n) is 15.2. The number of carboxylic acids is 1. The molecule has 3 rings (SSSR count). The molecule has 2 heterocycles. The van der Waals surface area contributed by atoms with Crippen LogP contribution in [0, 0.1) is 5.41 Å². The number of hydrogen-bond donors (Lipinski definition) is 2. The van der Waals surface area contributed by atoms with Gasteiger partial charge >= 0.3 is 12.1 Å². The Kier molecular flexibility index (Phi) is 4.90. The number of aromatic nitrogens is 3. The van der Waals surface area contributed by atoms with Crippen molar-refractivity contribution >= 4 is 11.9 Å². The molecule has 1 saturated carbocycles. The summed E-state index contributed by atoms with van der Waals surface area (Å²) in [7, 11) is 0. The highest BCUT2D eigenvalue weighted by atomic mass is 19.4. The molecule has 0 aliphatic heterocycles. The normalized spacial score (nSPS) is 15.5. The van der Waals surface area contributed by atoms with Crippen LogP contribution >= 0.6 is 0 Å². The van der Waals surface area contributed by atoms with Crippen LogP contribution in [0.4, 0.5) is 13.2 Å². The molecule has 2 aromatic heterocycles. The van der Waals surface area contributed by atoms with Crippen LogP contribution in [-0.4, -0.2) is 38.3 Å². The van der Waals surface area contributed by atoms with Gasteiger partial charge in [-0.15, -0.1) is 0 Å². The summed E-state index contributed by atoms with van der Waals surface area (Å²) in [6.07, 6.45) is -1.46. The molecular weight excluding hydrogens is 377 g/mol. The zero-order chi connectivity index (χ0) is 20.7. The minimum absolute atomic E-state index is 0.0163. The topological polar surface area (TPSA) is 97.1 Å². The smallest absolute Gasteiger partial charge is 0.417 e. The number of halogens is 3. The lowest BCUT2D eigenvalue weighted by atomic mass is 10.0. The number of hydrogen-bond acceptors (Lipinski definition) is 4. The molecule has 0 radical (unpaired) electrons. The average Bonchev–Trinajstić information content (AvgIpc) is 3.29. The van der Waals surface area contributed by atoms with E-state index in [-0.39, 0.29) is 23.8 Å². The number of alkyl halides is 3. The molecule has 2 N–H and O–H groups in total. The third-order valence-corrected chi connectivity index (χ3v) is 4.78. The van der Waals surface area contributed by atoms with Crippen molar-refractivity contribution in [3.05, 3.63) is 41.3 Å². The average molecular weight is 396 g/mol. The Hall–Kier alpha value is -2.91. The summed E-state index contributed by atoms with van der Waals surface area (Å²) < 4.78 is 39.5. The van der Waals surface area contributed by atoms with E-state index in [4.69, 9.17) is 0 Å². The Morgan fingerprint density at radius 3 is 2.43 bits per heavy atom. The minimum Gasteiger partial charge on any atom is -0.481 e. The third-order valence-electron chi connectivity index (χ3n) is 4.78. The number of carbonyl (C=O) groups is 2. The molecular formula is C18H19F3N4O3. The molecule has 1 fully saturated rings. The molecule has 0 unspecified atom stereocenters. The lowest BCUT2D eigenvalue weighted by molar-refractivity contribution is -0.143. The minimum atomic E-state index is -4.50. The second-order valence-corrected chi connectivity index (χ2v) is 7.18. The molecule has 0 atom stereocenters. The van der Waals surface area contributed by atoms with E-state index in [1.165, 1.54) is 16.9 Å². The van der Waals surface area contributed by atoms with E-state index in [1.807, 2.05) is 13.8 Å². The lowest BCUT2D eigenvalue weighted by Gasteiger charge is -2.14. The van der Waals surface area contributed by atoms with Crippen molar-refractivity contribution in [1.29, 1.82) is 0 Å². The van der Waals surface area contributed by atoms with Crippen LogP contribution in [0.3, 0.4) is 0 Å². The highest BCUT2D eigenvalue weighted by Crippen LogP contribution is 2.45. The molecule has 10 heteroatoms. The van der Waals surface area contributed by atoms with E-state index in [2.05, 4.69) is 15.4 Å². The summed E-state index contributed by atoms with van der Waals surface area (Å²) in [5.74, 6) is -1.45. The highest BCUT2D eigenvalue weighted by molar-refractivity contribution is 5.96. The van der Waals surface area contributed by atoms with Crippen molar-refractivity contribution in [3.63, 3.8) is 0 Å². The molecule has 0 bridgehead atoms. The van der Waals surface area contributed by atoms with Gasteiger partial charge < -0.3 is 10.4 Å². The fourth-order valence-corrected chi connectivity index (χ4v) is 2.91. The standard InChI is InChI=1S/C18H19F3N4O3/c1-10(2)14-12(15(26)23-9-17(5-6-17)16(27)28)8-24-25(14)13-4-3-11(7-22-13)18(19,20)21/h3-4,7-8,10H,5-6,9H2,1-2H3,(H,23,26)(H,27,28). The highest BCUT2D eigenvalue weighted by Gasteiger charge is 2.50. The Morgan fingerprint density at radius 2 is 1.96 bits per heavy atom. The van der Waals surface area contributed by atoms with Crippen LogP contribution < -0.4 is 5.32 Å². The van der Waals surface area contributed by atoms with Gasteiger partial charge in [0.1, 0.15) is 0 Å². The molecule has 150 valence electrons. The Morgan fingerprint density at radius 1 is 1.29 bits per heavy atom. The number of pyridine rings is 1. The molecule has 1 aliphatic rings. The third kappa shape index (κ3) is 3.71. The lowest BCUT2D eigenvalue weighted by Crippen LogP contribution is -2.34. The first-order chi connectivity index (χ1) is 13.0. The fourth-order valence-electron chi connectivity index (χ4n) is 2.91. The number of aliphatic carboxylic acids is 1. The Balaban J connectivity index is 1.86. The molecule has 0 aromatic carbocycles. The van der Waals surface area contributed by atoms with Crippen molar-refractivity contribution in [2.24, 2.45) is 5.41 Å². The predicted molar refractivity (Wildman–Crippen MR) is 92.1 cm³/mol. The van der Waals surface area contributed by atoms with E-state index in [1.54, 1.807) is 0 Å². The molecule has 1 aliphatic carbocycles. The van der Waals surface area contributed by atoms with E-state index < -0.39 is 29.0 Å². The van der Waals surface area contributed by atoms with Crippen LogP contribution in [0.2, 0.25) is 0 Å². The number of amides is 1. The number of rotatable bonds is 6. The van der Waals surface area contributed by atoms with E-state index in [9.17, 15) is 27.9 Å². The van der Waals surface area contributed by atoms with Crippen LogP contribution in [0.25, 0.3) is 5.82 Å². The van der Waals surface area contributed by atoms with Gasteiger partial charge in [0.2, 0.25) is 0 Å². The van der Waals surface area contributed by atoms with Gasteiger partial charge in [-0.3, -0.25) is 9.59 Å². The van der Waals surface area contributed by atoms with Gasteiger partial charge in [0.15, 0.2) is 5.82 Å². The largest absolute Gasteiger partial charge is 0.481 e. The van der Waals surface area contributed by atoms with Crippen LogP contribution in [0.1, 0.15) is 54.2 Å². The van der Waals surface area contributed by atoms with Crippen molar-refractivity contribution in [2.75, 3.05) is 6.54 Å². The fraction of sp³-hybridized carbons (Fsp3) is 0.444. The zero-order valence-corrected chi connectivity index (χ0v) is 15.2. The summed E-state index contributed by atoms with van der Waals surface area (Å²) in [5.41, 5.74) is -1.07. The Bertz CT molecular complexity index is 900. The van der Waals surface area contributed by atoms with Crippen LogP contribution in [-0.2, 0) is 11.0 Å². The maximum atomic E-state index is 12.7. The van der Waals surface area contributed by atoms with Crippen molar-refractivity contribution in [1.82, 2.24) is 20.1 Å². The van der Waals surface area contributed by atoms with Gasteiger partial charge in [0.25, 0.3) is 5.91 Å². The monoisotopic (exact) mass is 396 g/mol. The molecule has 28 heavy (non-hydrogen) atoms. The SMILES string of the molecule is CC(C)c1c(C(=O)NCC2(C(=O)O)CC2)cnn1-c1ccc(C(F)(F)F)cn1. The van der Waals surface area contributed by atoms with Crippen molar-refractivity contribution in [3.8, 4) is 5.82 Å². The second-order valence-electron chi connectivity index (χ2n) is 7.18. The molecule has 0 spiro atoms. The number of carboxylic acid groups (broad SMARTS) is 1. The van der Waals surface area contributed by atoms with Crippen LogP contribution in [0.15, 0.2) is 24.5 Å². The van der Waals surface area contributed by atoms with E-state index in [0.29, 0.717) is 24.7 Å². The van der Waals surface area contributed by atoms with Crippen LogP contribution in [0.5, 0.6) is 0 Å². The molecule has 0 saturated heterocycles.